The van der Waals surface area contributed by atoms with Crippen LogP contribution in [0.3, 0.4) is 0 Å². The van der Waals surface area contributed by atoms with E-state index in [9.17, 15) is 4.79 Å². The smallest absolute Gasteiger partial charge is 0.302 e. The van der Waals surface area contributed by atoms with E-state index in [0.29, 0.717) is 6.61 Å². The fourth-order valence-corrected chi connectivity index (χ4v) is 1.68. The van der Waals surface area contributed by atoms with Gasteiger partial charge in [0.2, 0.25) is 0 Å². The summed E-state index contributed by atoms with van der Waals surface area (Å²) in [5.41, 5.74) is 0. The SMILES string of the molecule is CC/C=C\C=C/CCCCCCCCOC(C)=O. The lowest BCUT2D eigenvalue weighted by Crippen LogP contribution is -1.99. The van der Waals surface area contributed by atoms with Gasteiger partial charge in [0.05, 0.1) is 6.61 Å². The Kier molecular flexibility index (Phi) is 13.2. The summed E-state index contributed by atoms with van der Waals surface area (Å²) in [6.07, 6.45) is 18.3. The summed E-state index contributed by atoms with van der Waals surface area (Å²) in [4.78, 5) is 10.5. The highest BCUT2D eigenvalue weighted by molar-refractivity contribution is 5.65. The second-order valence-corrected chi connectivity index (χ2v) is 4.51. The standard InChI is InChI=1S/C16H28O2/c1-3-4-5-6-7-8-9-10-11-12-13-14-15-18-16(2)17/h4-7H,3,8-15H2,1-2H3/b5-4-,7-6-. The third-order valence-electron chi connectivity index (χ3n) is 2.69. The first-order valence-electron chi connectivity index (χ1n) is 7.22. The Hall–Kier alpha value is -1.05. The van der Waals surface area contributed by atoms with Crippen molar-refractivity contribution in [2.24, 2.45) is 0 Å². The molecule has 0 bridgehead atoms. The second-order valence-electron chi connectivity index (χ2n) is 4.51. The first-order valence-corrected chi connectivity index (χ1v) is 7.22. The highest BCUT2D eigenvalue weighted by atomic mass is 16.5. The van der Waals surface area contributed by atoms with E-state index in [1.165, 1.54) is 45.4 Å². The van der Waals surface area contributed by atoms with E-state index in [0.717, 1.165) is 12.8 Å². The van der Waals surface area contributed by atoms with Gasteiger partial charge >= 0.3 is 5.97 Å². The van der Waals surface area contributed by atoms with E-state index in [4.69, 9.17) is 4.74 Å². The first kappa shape index (κ1) is 16.9. The molecule has 0 aliphatic carbocycles. The quantitative estimate of drug-likeness (QED) is 0.300. The number of allylic oxidation sites excluding steroid dienone is 4. The number of rotatable bonds is 11. The monoisotopic (exact) mass is 252 g/mol. The van der Waals surface area contributed by atoms with Crippen molar-refractivity contribution < 1.29 is 9.53 Å². The minimum atomic E-state index is -0.168. The Morgan fingerprint density at radius 3 is 2.22 bits per heavy atom. The number of esters is 1. The van der Waals surface area contributed by atoms with Gasteiger partial charge in [-0.3, -0.25) is 4.79 Å². The van der Waals surface area contributed by atoms with Crippen molar-refractivity contribution >= 4 is 5.97 Å². The molecule has 0 aromatic heterocycles. The highest BCUT2D eigenvalue weighted by Gasteiger charge is 1.93. The van der Waals surface area contributed by atoms with Gasteiger partial charge in [0, 0.05) is 6.92 Å². The van der Waals surface area contributed by atoms with Gasteiger partial charge in [0.1, 0.15) is 0 Å². The molecule has 0 heterocycles. The average Bonchev–Trinajstić information content (AvgIpc) is 2.34. The predicted molar refractivity (Wildman–Crippen MR) is 77.5 cm³/mol. The van der Waals surface area contributed by atoms with Crippen LogP contribution in [-0.4, -0.2) is 12.6 Å². The Balaban J connectivity index is 3.09. The highest BCUT2D eigenvalue weighted by Crippen LogP contribution is 2.07. The number of unbranched alkanes of at least 4 members (excludes halogenated alkanes) is 6. The van der Waals surface area contributed by atoms with Gasteiger partial charge in [-0.2, -0.15) is 0 Å². The molecule has 0 amide bonds. The van der Waals surface area contributed by atoms with Crippen LogP contribution < -0.4 is 0 Å². The molecule has 0 spiro atoms. The minimum Gasteiger partial charge on any atom is -0.466 e. The number of hydrogen-bond donors (Lipinski definition) is 0. The maximum atomic E-state index is 10.5. The summed E-state index contributed by atoms with van der Waals surface area (Å²) in [5, 5.41) is 0. The Bertz CT molecular complexity index is 241. The van der Waals surface area contributed by atoms with Gasteiger partial charge in [-0.05, 0) is 25.7 Å². The lowest BCUT2D eigenvalue weighted by atomic mass is 10.1. The zero-order valence-corrected chi connectivity index (χ0v) is 12.0. The third-order valence-corrected chi connectivity index (χ3v) is 2.69. The molecule has 18 heavy (non-hydrogen) atoms. The molecule has 0 aromatic carbocycles. The van der Waals surface area contributed by atoms with Crippen molar-refractivity contribution in [3.8, 4) is 0 Å². The molecule has 0 aromatic rings. The van der Waals surface area contributed by atoms with Gasteiger partial charge in [0.25, 0.3) is 0 Å². The molecule has 2 heteroatoms. The average molecular weight is 252 g/mol. The van der Waals surface area contributed by atoms with Gasteiger partial charge in [-0.15, -0.1) is 0 Å². The predicted octanol–water partition coefficient (Wildman–Crippen LogP) is 4.80. The normalized spacial score (nSPS) is 11.4. The van der Waals surface area contributed by atoms with Crippen LogP contribution in [0.4, 0.5) is 0 Å². The lowest BCUT2D eigenvalue weighted by Gasteiger charge is -2.01. The van der Waals surface area contributed by atoms with Crippen molar-refractivity contribution in [2.45, 2.75) is 65.2 Å². The van der Waals surface area contributed by atoms with Crippen LogP contribution in [-0.2, 0) is 9.53 Å². The molecule has 0 rings (SSSR count). The summed E-state index contributed by atoms with van der Waals surface area (Å²) in [6.45, 7) is 4.19. The zero-order valence-electron chi connectivity index (χ0n) is 12.0. The molecule has 0 aliphatic rings. The van der Waals surface area contributed by atoms with E-state index in [1.54, 1.807) is 0 Å². The Morgan fingerprint density at radius 1 is 0.944 bits per heavy atom. The summed E-state index contributed by atoms with van der Waals surface area (Å²) < 4.78 is 4.88. The number of ether oxygens (including phenoxy) is 1. The van der Waals surface area contributed by atoms with Crippen LogP contribution in [0, 0.1) is 0 Å². The van der Waals surface area contributed by atoms with Crippen molar-refractivity contribution in [3.63, 3.8) is 0 Å². The van der Waals surface area contributed by atoms with Gasteiger partial charge in [-0.25, -0.2) is 0 Å². The van der Waals surface area contributed by atoms with E-state index < -0.39 is 0 Å². The fourth-order valence-electron chi connectivity index (χ4n) is 1.68. The number of carbonyl (C=O) groups is 1. The molecular weight excluding hydrogens is 224 g/mol. The molecule has 0 radical (unpaired) electrons. The molecule has 0 N–H and O–H groups in total. The van der Waals surface area contributed by atoms with Crippen molar-refractivity contribution in [1.29, 1.82) is 0 Å². The third kappa shape index (κ3) is 14.9. The van der Waals surface area contributed by atoms with Crippen LogP contribution in [0.2, 0.25) is 0 Å². The Labute approximate surface area is 112 Å². The van der Waals surface area contributed by atoms with E-state index in [2.05, 4.69) is 31.2 Å². The van der Waals surface area contributed by atoms with Crippen LogP contribution >= 0.6 is 0 Å². The lowest BCUT2D eigenvalue weighted by molar-refractivity contribution is -0.141. The molecule has 0 fully saturated rings. The van der Waals surface area contributed by atoms with Gasteiger partial charge in [0.15, 0.2) is 0 Å². The molecule has 0 saturated carbocycles. The molecular formula is C16H28O2. The van der Waals surface area contributed by atoms with Crippen molar-refractivity contribution in [3.05, 3.63) is 24.3 Å². The van der Waals surface area contributed by atoms with Crippen molar-refractivity contribution in [1.82, 2.24) is 0 Å². The number of hydrogen-bond acceptors (Lipinski definition) is 2. The Morgan fingerprint density at radius 2 is 1.56 bits per heavy atom. The largest absolute Gasteiger partial charge is 0.466 e. The summed E-state index contributed by atoms with van der Waals surface area (Å²) in [5.74, 6) is -0.168. The minimum absolute atomic E-state index is 0.168. The van der Waals surface area contributed by atoms with Crippen LogP contribution in [0.1, 0.15) is 65.2 Å². The fraction of sp³-hybridized carbons (Fsp3) is 0.688. The molecule has 0 unspecified atom stereocenters. The van der Waals surface area contributed by atoms with Crippen molar-refractivity contribution in [2.75, 3.05) is 6.61 Å². The molecule has 104 valence electrons. The number of carbonyl (C=O) groups excluding carboxylic acids is 1. The topological polar surface area (TPSA) is 26.3 Å². The zero-order chi connectivity index (χ0) is 13.5. The van der Waals surface area contributed by atoms with E-state index in [1.807, 2.05) is 0 Å². The maximum absolute atomic E-state index is 10.5. The van der Waals surface area contributed by atoms with Crippen LogP contribution in [0.5, 0.6) is 0 Å². The molecule has 2 nitrogen and oxygen atoms in total. The van der Waals surface area contributed by atoms with Crippen LogP contribution in [0.15, 0.2) is 24.3 Å². The molecule has 0 atom stereocenters. The summed E-state index contributed by atoms with van der Waals surface area (Å²) in [6, 6.07) is 0. The van der Waals surface area contributed by atoms with E-state index in [-0.39, 0.29) is 5.97 Å². The maximum Gasteiger partial charge on any atom is 0.302 e. The van der Waals surface area contributed by atoms with Gasteiger partial charge in [-0.1, -0.05) is 56.9 Å². The molecule has 0 aliphatic heterocycles. The van der Waals surface area contributed by atoms with E-state index >= 15 is 0 Å². The van der Waals surface area contributed by atoms with Crippen LogP contribution in [0.25, 0.3) is 0 Å². The second kappa shape index (κ2) is 14.0. The molecule has 0 saturated heterocycles. The summed E-state index contributed by atoms with van der Waals surface area (Å²) in [7, 11) is 0. The van der Waals surface area contributed by atoms with Gasteiger partial charge < -0.3 is 4.74 Å². The summed E-state index contributed by atoms with van der Waals surface area (Å²) >= 11 is 0. The first-order chi connectivity index (χ1) is 8.77.